The molecule has 0 saturated heterocycles. The standard InChI is InChI=1S/C20H12Br2O4/c21-17-10-3-1-8-15(17)19(23)25-13-6-5-7-14(12-13)26-20(24)16-9-2-4-11-18(16)22/h1-12H. The lowest BCUT2D eigenvalue weighted by molar-refractivity contribution is 0.0732. The van der Waals surface area contributed by atoms with Crippen molar-refractivity contribution < 1.29 is 19.1 Å². The van der Waals surface area contributed by atoms with Gasteiger partial charge in [-0.3, -0.25) is 0 Å². The number of rotatable bonds is 4. The average Bonchev–Trinajstić information content (AvgIpc) is 2.62. The van der Waals surface area contributed by atoms with Gasteiger partial charge in [-0.15, -0.1) is 0 Å². The third-order valence-corrected chi connectivity index (χ3v) is 4.80. The van der Waals surface area contributed by atoms with Gasteiger partial charge >= 0.3 is 11.9 Å². The first-order valence-electron chi connectivity index (χ1n) is 7.58. The van der Waals surface area contributed by atoms with E-state index in [1.165, 1.54) is 6.07 Å². The van der Waals surface area contributed by atoms with Crippen molar-refractivity contribution in [2.75, 3.05) is 0 Å². The van der Waals surface area contributed by atoms with Gasteiger partial charge in [-0.2, -0.15) is 0 Å². The predicted octanol–water partition coefficient (Wildman–Crippen LogP) is 5.65. The molecule has 0 N–H and O–H groups in total. The maximum atomic E-state index is 12.3. The van der Waals surface area contributed by atoms with E-state index in [-0.39, 0.29) is 11.5 Å². The number of carbonyl (C=O) groups is 2. The van der Waals surface area contributed by atoms with E-state index in [1.54, 1.807) is 54.6 Å². The summed E-state index contributed by atoms with van der Waals surface area (Å²) in [4.78, 5) is 24.5. The Bertz CT molecular complexity index is 895. The Hall–Kier alpha value is -2.44. The zero-order valence-corrected chi connectivity index (χ0v) is 16.5. The first kappa shape index (κ1) is 18.4. The van der Waals surface area contributed by atoms with Gasteiger partial charge in [-0.05, 0) is 68.3 Å². The molecule has 0 amide bonds. The second-order valence-corrected chi connectivity index (χ2v) is 6.92. The molecule has 130 valence electrons. The van der Waals surface area contributed by atoms with E-state index in [0.717, 1.165) is 0 Å². The summed E-state index contributed by atoms with van der Waals surface area (Å²) in [6.07, 6.45) is 0. The molecular formula is C20H12Br2O4. The van der Waals surface area contributed by atoms with Gasteiger partial charge in [0.1, 0.15) is 11.5 Å². The minimum absolute atomic E-state index is 0.281. The minimum Gasteiger partial charge on any atom is -0.423 e. The molecule has 0 fully saturated rings. The van der Waals surface area contributed by atoms with Crippen molar-refractivity contribution in [3.05, 3.63) is 92.9 Å². The van der Waals surface area contributed by atoms with Gasteiger partial charge in [0.05, 0.1) is 11.1 Å². The molecule has 4 nitrogen and oxygen atoms in total. The fourth-order valence-electron chi connectivity index (χ4n) is 2.18. The van der Waals surface area contributed by atoms with Crippen LogP contribution in [-0.4, -0.2) is 11.9 Å². The third kappa shape index (κ3) is 4.39. The molecule has 0 spiro atoms. The largest absolute Gasteiger partial charge is 0.423 e. The molecule has 0 atom stereocenters. The van der Waals surface area contributed by atoms with Crippen LogP contribution in [0.25, 0.3) is 0 Å². The quantitative estimate of drug-likeness (QED) is 0.361. The number of halogens is 2. The van der Waals surface area contributed by atoms with E-state index in [4.69, 9.17) is 9.47 Å². The number of hydrogen-bond donors (Lipinski definition) is 0. The fourth-order valence-corrected chi connectivity index (χ4v) is 3.07. The molecule has 0 aliphatic rings. The average molecular weight is 476 g/mol. The summed E-state index contributed by atoms with van der Waals surface area (Å²) < 4.78 is 12.0. The summed E-state index contributed by atoms with van der Waals surface area (Å²) in [5.74, 6) is -0.454. The number of esters is 2. The summed E-state index contributed by atoms with van der Waals surface area (Å²) >= 11 is 6.63. The van der Waals surface area contributed by atoms with Gasteiger partial charge in [0, 0.05) is 15.0 Å². The highest BCUT2D eigenvalue weighted by Gasteiger charge is 2.14. The zero-order chi connectivity index (χ0) is 18.5. The Morgan fingerprint density at radius 3 is 1.46 bits per heavy atom. The fraction of sp³-hybridized carbons (Fsp3) is 0. The number of ether oxygens (including phenoxy) is 2. The van der Waals surface area contributed by atoms with Crippen LogP contribution in [-0.2, 0) is 0 Å². The second-order valence-electron chi connectivity index (χ2n) is 5.21. The van der Waals surface area contributed by atoms with Crippen LogP contribution in [0.2, 0.25) is 0 Å². The summed E-state index contributed by atoms with van der Waals surface area (Å²) in [5, 5.41) is 0. The molecule has 3 rings (SSSR count). The monoisotopic (exact) mass is 474 g/mol. The SMILES string of the molecule is O=C(Oc1cccc(OC(=O)c2ccccc2Br)c1)c1ccccc1Br. The van der Waals surface area contributed by atoms with Crippen molar-refractivity contribution in [2.24, 2.45) is 0 Å². The summed E-state index contributed by atoms with van der Waals surface area (Å²) in [6.45, 7) is 0. The number of benzene rings is 3. The third-order valence-electron chi connectivity index (χ3n) is 3.41. The Balaban J connectivity index is 1.74. The predicted molar refractivity (Wildman–Crippen MR) is 105 cm³/mol. The van der Waals surface area contributed by atoms with Crippen molar-refractivity contribution >= 4 is 43.8 Å². The molecule has 0 heterocycles. The lowest BCUT2D eigenvalue weighted by atomic mass is 10.2. The van der Waals surface area contributed by atoms with Crippen molar-refractivity contribution in [1.29, 1.82) is 0 Å². The lowest BCUT2D eigenvalue weighted by Crippen LogP contribution is -2.11. The molecule has 6 heteroatoms. The van der Waals surface area contributed by atoms with Crippen LogP contribution in [0.1, 0.15) is 20.7 Å². The molecule has 0 aliphatic heterocycles. The maximum absolute atomic E-state index is 12.3. The van der Waals surface area contributed by atoms with Crippen molar-refractivity contribution in [1.82, 2.24) is 0 Å². The molecule has 0 aliphatic carbocycles. The number of hydrogen-bond acceptors (Lipinski definition) is 4. The number of carbonyl (C=O) groups excluding carboxylic acids is 2. The molecule has 0 aromatic heterocycles. The van der Waals surface area contributed by atoms with Crippen LogP contribution < -0.4 is 9.47 Å². The molecule has 0 radical (unpaired) electrons. The first-order chi connectivity index (χ1) is 12.5. The van der Waals surface area contributed by atoms with Crippen LogP contribution in [0.4, 0.5) is 0 Å². The zero-order valence-electron chi connectivity index (χ0n) is 13.3. The second kappa shape index (κ2) is 8.29. The van der Waals surface area contributed by atoms with Gasteiger partial charge in [-0.1, -0.05) is 30.3 Å². The van der Waals surface area contributed by atoms with Gasteiger partial charge in [0.15, 0.2) is 0 Å². The highest BCUT2D eigenvalue weighted by Crippen LogP contribution is 2.24. The molecular weight excluding hydrogens is 464 g/mol. The van der Waals surface area contributed by atoms with E-state index in [2.05, 4.69) is 31.9 Å². The molecule has 3 aromatic carbocycles. The van der Waals surface area contributed by atoms with E-state index < -0.39 is 11.9 Å². The molecule has 0 unspecified atom stereocenters. The molecule has 0 saturated carbocycles. The Morgan fingerprint density at radius 1 is 0.615 bits per heavy atom. The van der Waals surface area contributed by atoms with Gasteiger partial charge < -0.3 is 9.47 Å². The van der Waals surface area contributed by atoms with Crippen LogP contribution in [0.15, 0.2) is 81.7 Å². The van der Waals surface area contributed by atoms with E-state index in [9.17, 15) is 9.59 Å². The normalized spacial score (nSPS) is 10.2. The Kier molecular flexibility index (Phi) is 5.85. The summed E-state index contributed by atoms with van der Waals surface area (Å²) in [6, 6.07) is 20.3. The molecule has 0 bridgehead atoms. The minimum atomic E-state index is -0.508. The van der Waals surface area contributed by atoms with Gasteiger partial charge in [-0.25, -0.2) is 9.59 Å². The van der Waals surface area contributed by atoms with Crippen molar-refractivity contribution in [3.8, 4) is 11.5 Å². The van der Waals surface area contributed by atoms with Crippen LogP contribution in [0.5, 0.6) is 11.5 Å². The van der Waals surface area contributed by atoms with Crippen LogP contribution >= 0.6 is 31.9 Å². The van der Waals surface area contributed by atoms with E-state index >= 15 is 0 Å². The van der Waals surface area contributed by atoms with Gasteiger partial charge in [0.25, 0.3) is 0 Å². The lowest BCUT2D eigenvalue weighted by Gasteiger charge is -2.09. The summed E-state index contributed by atoms with van der Waals surface area (Å²) in [7, 11) is 0. The van der Waals surface area contributed by atoms with Crippen molar-refractivity contribution in [2.45, 2.75) is 0 Å². The molecule has 26 heavy (non-hydrogen) atoms. The van der Waals surface area contributed by atoms with Crippen molar-refractivity contribution in [3.63, 3.8) is 0 Å². The maximum Gasteiger partial charge on any atom is 0.344 e. The van der Waals surface area contributed by atoms with E-state index in [0.29, 0.717) is 20.1 Å². The topological polar surface area (TPSA) is 52.6 Å². The van der Waals surface area contributed by atoms with Crippen LogP contribution in [0.3, 0.4) is 0 Å². The van der Waals surface area contributed by atoms with E-state index in [1.807, 2.05) is 12.1 Å². The first-order valence-corrected chi connectivity index (χ1v) is 9.16. The van der Waals surface area contributed by atoms with Gasteiger partial charge in [0.2, 0.25) is 0 Å². The highest BCUT2D eigenvalue weighted by molar-refractivity contribution is 9.10. The summed E-state index contributed by atoms with van der Waals surface area (Å²) in [5.41, 5.74) is 0.811. The Morgan fingerprint density at radius 2 is 1.04 bits per heavy atom. The Labute approximate surface area is 167 Å². The smallest absolute Gasteiger partial charge is 0.344 e. The van der Waals surface area contributed by atoms with Crippen LogP contribution in [0, 0.1) is 0 Å². The molecule has 3 aromatic rings. The highest BCUT2D eigenvalue weighted by atomic mass is 79.9.